The molecule has 0 radical (unpaired) electrons. The highest BCUT2D eigenvalue weighted by Crippen LogP contribution is 2.30. The van der Waals surface area contributed by atoms with Crippen molar-refractivity contribution < 1.29 is 14.7 Å². The number of carbonyl (C=O) groups excluding carboxylic acids is 2. The average Bonchev–Trinajstić information content (AvgIpc) is 2.50. The molecule has 6 nitrogen and oxygen atoms in total. The summed E-state index contributed by atoms with van der Waals surface area (Å²) >= 11 is 6.48. The minimum Gasteiger partial charge on any atom is -0.506 e. The van der Waals surface area contributed by atoms with Gasteiger partial charge in [0.1, 0.15) is 5.75 Å². The summed E-state index contributed by atoms with van der Waals surface area (Å²) in [5.74, 6) is -1.77. The van der Waals surface area contributed by atoms with Gasteiger partial charge in [0.05, 0.1) is 10.7 Å². The fourth-order valence-electron chi connectivity index (χ4n) is 2.13. The topological polar surface area (TPSA) is 90.8 Å². The Hall–Kier alpha value is -2.19. The third-order valence-electron chi connectivity index (χ3n) is 3.11. The SMILES string of the molecule is Cc1cc(C)cc(NC(=O)C(=O)N/N=C/c2cc(Br)cc(Br)c2O)c1. The van der Waals surface area contributed by atoms with Crippen LogP contribution in [0.15, 0.2) is 44.4 Å². The number of phenols is 1. The molecule has 8 heteroatoms. The van der Waals surface area contributed by atoms with Gasteiger partial charge in [-0.1, -0.05) is 22.0 Å². The van der Waals surface area contributed by atoms with Crippen LogP contribution in [-0.4, -0.2) is 23.1 Å². The first kappa shape index (κ1) is 19.1. The standard InChI is InChI=1S/C17H15Br2N3O3/c1-9-3-10(2)5-13(4-9)21-16(24)17(25)22-20-8-11-6-12(18)7-14(19)15(11)23/h3-8,23H,1-2H3,(H,21,24)(H,22,25)/b20-8+. The number of nitrogens with one attached hydrogen (secondary N) is 2. The second kappa shape index (κ2) is 8.26. The number of halogens is 2. The number of rotatable bonds is 3. The summed E-state index contributed by atoms with van der Waals surface area (Å²) in [7, 11) is 0. The second-order valence-electron chi connectivity index (χ2n) is 5.36. The van der Waals surface area contributed by atoms with Crippen molar-refractivity contribution in [1.82, 2.24) is 5.43 Å². The highest BCUT2D eigenvalue weighted by Gasteiger charge is 2.13. The summed E-state index contributed by atoms with van der Waals surface area (Å²) in [6.45, 7) is 3.80. The molecule has 0 aromatic heterocycles. The molecule has 0 unspecified atom stereocenters. The number of anilines is 1. The molecule has 0 saturated heterocycles. The molecule has 2 amide bonds. The molecule has 0 aliphatic carbocycles. The van der Waals surface area contributed by atoms with E-state index in [0.29, 0.717) is 15.7 Å². The van der Waals surface area contributed by atoms with Crippen molar-refractivity contribution in [1.29, 1.82) is 0 Å². The third-order valence-corrected chi connectivity index (χ3v) is 4.18. The number of benzene rings is 2. The number of hydrogen-bond acceptors (Lipinski definition) is 4. The van der Waals surface area contributed by atoms with E-state index in [9.17, 15) is 14.7 Å². The molecular weight excluding hydrogens is 454 g/mol. The Morgan fingerprint density at radius 2 is 1.68 bits per heavy atom. The zero-order valence-corrected chi connectivity index (χ0v) is 16.6. The van der Waals surface area contributed by atoms with Gasteiger partial charge in [-0.05, 0) is 65.2 Å². The maximum absolute atomic E-state index is 11.9. The molecule has 3 N–H and O–H groups in total. The van der Waals surface area contributed by atoms with Crippen LogP contribution in [0.5, 0.6) is 5.75 Å². The Morgan fingerprint density at radius 1 is 1.04 bits per heavy atom. The van der Waals surface area contributed by atoms with Crippen LogP contribution in [0, 0.1) is 13.8 Å². The van der Waals surface area contributed by atoms with Crippen molar-refractivity contribution in [2.24, 2.45) is 5.10 Å². The molecule has 0 atom stereocenters. The lowest BCUT2D eigenvalue weighted by Crippen LogP contribution is -2.32. The summed E-state index contributed by atoms with van der Waals surface area (Å²) in [4.78, 5) is 23.7. The summed E-state index contributed by atoms with van der Waals surface area (Å²) < 4.78 is 1.19. The Morgan fingerprint density at radius 3 is 2.32 bits per heavy atom. The number of hydrogen-bond donors (Lipinski definition) is 3. The monoisotopic (exact) mass is 467 g/mol. The Balaban J connectivity index is 2.01. The van der Waals surface area contributed by atoms with Crippen molar-refractivity contribution in [3.63, 3.8) is 0 Å². The highest BCUT2D eigenvalue weighted by molar-refractivity contribution is 9.11. The van der Waals surface area contributed by atoms with Gasteiger partial charge in [0.25, 0.3) is 0 Å². The summed E-state index contributed by atoms with van der Waals surface area (Å²) in [5.41, 5.74) is 4.98. The van der Waals surface area contributed by atoms with Crippen LogP contribution in [-0.2, 0) is 9.59 Å². The lowest BCUT2D eigenvalue weighted by Gasteiger charge is -2.06. The van der Waals surface area contributed by atoms with Crippen molar-refractivity contribution in [2.45, 2.75) is 13.8 Å². The van der Waals surface area contributed by atoms with E-state index in [0.717, 1.165) is 15.6 Å². The smallest absolute Gasteiger partial charge is 0.329 e. The van der Waals surface area contributed by atoms with Crippen LogP contribution in [0.1, 0.15) is 16.7 Å². The number of aromatic hydroxyl groups is 1. The predicted octanol–water partition coefficient (Wildman–Crippen LogP) is 3.62. The van der Waals surface area contributed by atoms with Gasteiger partial charge in [-0.3, -0.25) is 9.59 Å². The number of hydrazone groups is 1. The molecule has 25 heavy (non-hydrogen) atoms. The van der Waals surface area contributed by atoms with E-state index < -0.39 is 11.8 Å². The largest absolute Gasteiger partial charge is 0.506 e. The Labute approximate surface area is 161 Å². The lowest BCUT2D eigenvalue weighted by atomic mass is 10.1. The van der Waals surface area contributed by atoms with Gasteiger partial charge < -0.3 is 10.4 Å². The maximum Gasteiger partial charge on any atom is 0.329 e. The molecule has 0 spiro atoms. The van der Waals surface area contributed by atoms with E-state index in [1.807, 2.05) is 19.9 Å². The zero-order valence-electron chi connectivity index (χ0n) is 13.4. The molecule has 0 aliphatic heterocycles. The second-order valence-corrected chi connectivity index (χ2v) is 7.13. The van der Waals surface area contributed by atoms with E-state index >= 15 is 0 Å². The Bertz CT molecular complexity index is 846. The van der Waals surface area contributed by atoms with Crippen LogP contribution in [0.25, 0.3) is 0 Å². The number of nitrogens with zero attached hydrogens (tertiary/aromatic N) is 1. The lowest BCUT2D eigenvalue weighted by molar-refractivity contribution is -0.136. The first-order valence-electron chi connectivity index (χ1n) is 7.17. The molecule has 2 aromatic rings. The quantitative estimate of drug-likeness (QED) is 0.365. The predicted molar refractivity (Wildman–Crippen MR) is 104 cm³/mol. The number of phenolic OH excluding ortho intramolecular Hbond substituents is 1. The van der Waals surface area contributed by atoms with E-state index in [4.69, 9.17) is 0 Å². The van der Waals surface area contributed by atoms with Crippen molar-refractivity contribution >= 4 is 55.6 Å². The van der Waals surface area contributed by atoms with Crippen molar-refractivity contribution in [2.75, 3.05) is 5.32 Å². The molecular formula is C17H15Br2N3O3. The highest BCUT2D eigenvalue weighted by atomic mass is 79.9. The number of carbonyl (C=O) groups is 2. The van der Waals surface area contributed by atoms with Crippen molar-refractivity contribution in [3.8, 4) is 5.75 Å². The molecule has 0 saturated carbocycles. The van der Waals surface area contributed by atoms with E-state index in [1.54, 1.807) is 24.3 Å². The molecule has 130 valence electrons. The van der Waals surface area contributed by atoms with Crippen LogP contribution in [0.2, 0.25) is 0 Å². The van der Waals surface area contributed by atoms with Gasteiger partial charge in [0.2, 0.25) is 0 Å². The normalized spacial score (nSPS) is 10.7. The number of amides is 2. The summed E-state index contributed by atoms with van der Waals surface area (Å²) in [6, 6.07) is 8.77. The molecule has 0 aliphatic rings. The van der Waals surface area contributed by atoms with Crippen LogP contribution < -0.4 is 10.7 Å². The van der Waals surface area contributed by atoms with Crippen LogP contribution in [0.4, 0.5) is 5.69 Å². The van der Waals surface area contributed by atoms with E-state index in [2.05, 4.69) is 47.7 Å². The fourth-order valence-corrected chi connectivity index (χ4v) is 3.39. The van der Waals surface area contributed by atoms with E-state index in [1.165, 1.54) is 6.21 Å². The van der Waals surface area contributed by atoms with Gasteiger partial charge in [-0.25, -0.2) is 5.43 Å². The Kier molecular flexibility index (Phi) is 6.33. The molecule has 0 heterocycles. The zero-order chi connectivity index (χ0) is 18.6. The third kappa shape index (κ3) is 5.40. The van der Waals surface area contributed by atoms with Crippen molar-refractivity contribution in [3.05, 3.63) is 56.0 Å². The minimum atomic E-state index is -0.913. The van der Waals surface area contributed by atoms with Gasteiger partial charge in [0, 0.05) is 15.7 Å². The van der Waals surface area contributed by atoms with Crippen LogP contribution in [0.3, 0.4) is 0 Å². The van der Waals surface area contributed by atoms with Gasteiger partial charge in [-0.2, -0.15) is 5.10 Å². The molecule has 2 rings (SSSR count). The molecule has 0 fully saturated rings. The van der Waals surface area contributed by atoms with Gasteiger partial charge in [0.15, 0.2) is 0 Å². The maximum atomic E-state index is 11.9. The molecule has 0 bridgehead atoms. The first-order valence-corrected chi connectivity index (χ1v) is 8.75. The summed E-state index contributed by atoms with van der Waals surface area (Å²) in [6.07, 6.45) is 1.24. The number of aryl methyl sites for hydroxylation is 2. The minimum absolute atomic E-state index is 0.0270. The van der Waals surface area contributed by atoms with Gasteiger partial charge >= 0.3 is 11.8 Å². The first-order chi connectivity index (χ1) is 11.8. The average molecular weight is 469 g/mol. The van der Waals surface area contributed by atoms with E-state index in [-0.39, 0.29) is 5.75 Å². The molecule has 2 aromatic carbocycles. The fraction of sp³-hybridized carbons (Fsp3) is 0.118. The van der Waals surface area contributed by atoms with Gasteiger partial charge in [-0.15, -0.1) is 0 Å². The summed E-state index contributed by atoms with van der Waals surface area (Å²) in [5, 5.41) is 16.1. The van der Waals surface area contributed by atoms with Crippen LogP contribution >= 0.6 is 31.9 Å².